The lowest BCUT2D eigenvalue weighted by Crippen LogP contribution is -2.05. The third-order valence-electron chi connectivity index (χ3n) is 5.36. The van der Waals surface area contributed by atoms with E-state index in [0.29, 0.717) is 5.56 Å². The lowest BCUT2D eigenvalue weighted by atomic mass is 10.1. The summed E-state index contributed by atoms with van der Waals surface area (Å²) < 4.78 is 10.1. The van der Waals surface area contributed by atoms with Gasteiger partial charge in [-0.15, -0.1) is 0 Å². The molecule has 0 unspecified atom stereocenters. The topological polar surface area (TPSA) is 68.7 Å². The van der Waals surface area contributed by atoms with Crippen LogP contribution in [0, 0.1) is 18.3 Å². The largest absolute Gasteiger partial charge is 0.485 e. The van der Waals surface area contributed by atoms with Crippen LogP contribution < -0.4 is 4.74 Å². The number of benzene rings is 2. The van der Waals surface area contributed by atoms with Crippen LogP contribution in [0.4, 0.5) is 0 Å². The van der Waals surface area contributed by atoms with Crippen LogP contribution in [0.25, 0.3) is 16.6 Å². The van der Waals surface area contributed by atoms with Gasteiger partial charge in [-0.2, -0.15) is 15.5 Å². The number of rotatable bonds is 3. The molecule has 0 saturated heterocycles. The molecular weight excluding hydrogens is 350 g/mol. The van der Waals surface area contributed by atoms with E-state index < -0.39 is 0 Å². The van der Waals surface area contributed by atoms with Crippen molar-refractivity contribution in [3.8, 4) is 17.5 Å². The molecule has 1 aliphatic rings. The zero-order valence-electron chi connectivity index (χ0n) is 15.8. The summed E-state index contributed by atoms with van der Waals surface area (Å²) in [6.45, 7) is 2.06. The molecule has 0 amide bonds. The maximum atomic E-state index is 9.11. The third kappa shape index (κ3) is 2.64. The van der Waals surface area contributed by atoms with Crippen molar-refractivity contribution in [2.24, 2.45) is 7.05 Å². The van der Waals surface area contributed by atoms with E-state index in [2.05, 4.69) is 35.3 Å². The van der Waals surface area contributed by atoms with Gasteiger partial charge in [0.2, 0.25) is 0 Å². The molecule has 2 heterocycles. The molecule has 28 heavy (non-hydrogen) atoms. The second-order valence-corrected chi connectivity index (χ2v) is 7.28. The Labute approximate surface area is 162 Å². The highest BCUT2D eigenvalue weighted by Gasteiger charge is 2.25. The molecule has 0 fully saturated rings. The summed E-state index contributed by atoms with van der Waals surface area (Å²) in [6.07, 6.45) is 7.47. The molecule has 2 aromatic carbocycles. The van der Waals surface area contributed by atoms with Crippen LogP contribution in [0.15, 0.2) is 48.9 Å². The second-order valence-electron chi connectivity index (χ2n) is 7.28. The molecule has 1 aliphatic carbocycles. The van der Waals surface area contributed by atoms with Crippen molar-refractivity contribution < 1.29 is 4.74 Å². The van der Waals surface area contributed by atoms with E-state index in [1.165, 1.54) is 11.1 Å². The van der Waals surface area contributed by atoms with E-state index >= 15 is 0 Å². The van der Waals surface area contributed by atoms with Crippen LogP contribution >= 0.6 is 0 Å². The van der Waals surface area contributed by atoms with Gasteiger partial charge in [0.15, 0.2) is 0 Å². The van der Waals surface area contributed by atoms with E-state index in [1.807, 2.05) is 42.3 Å². The van der Waals surface area contributed by atoms with Crippen molar-refractivity contribution in [3.63, 3.8) is 0 Å². The quantitative estimate of drug-likeness (QED) is 0.547. The van der Waals surface area contributed by atoms with Gasteiger partial charge in [-0.1, -0.05) is 6.07 Å². The van der Waals surface area contributed by atoms with Crippen LogP contribution in [-0.4, -0.2) is 19.6 Å². The summed E-state index contributed by atoms with van der Waals surface area (Å²) in [5, 5.41) is 18.9. The molecule has 5 rings (SSSR count). The Kier molecular flexibility index (Phi) is 3.69. The van der Waals surface area contributed by atoms with Gasteiger partial charge in [-0.3, -0.25) is 4.68 Å². The molecule has 0 saturated carbocycles. The van der Waals surface area contributed by atoms with Crippen molar-refractivity contribution in [2.45, 2.75) is 25.9 Å². The van der Waals surface area contributed by atoms with Crippen LogP contribution in [-0.2, 0) is 13.5 Å². The van der Waals surface area contributed by atoms with Gasteiger partial charge in [0.25, 0.3) is 0 Å². The number of nitrogens with zero attached hydrogens (tertiary/aromatic N) is 5. The first kappa shape index (κ1) is 16.6. The van der Waals surface area contributed by atoms with Gasteiger partial charge in [-0.25, -0.2) is 4.68 Å². The molecule has 0 radical (unpaired) electrons. The van der Waals surface area contributed by atoms with Crippen molar-refractivity contribution >= 4 is 10.9 Å². The fourth-order valence-electron chi connectivity index (χ4n) is 3.94. The number of aryl methyl sites for hydroxylation is 3. The molecule has 0 bridgehead atoms. The van der Waals surface area contributed by atoms with Crippen molar-refractivity contribution in [1.29, 1.82) is 5.26 Å². The average Bonchev–Trinajstić information content (AvgIpc) is 3.40. The zero-order valence-corrected chi connectivity index (χ0v) is 15.8. The Bertz CT molecular complexity index is 1240. The van der Waals surface area contributed by atoms with E-state index in [4.69, 9.17) is 10.00 Å². The van der Waals surface area contributed by atoms with Crippen LogP contribution in [0.1, 0.15) is 34.8 Å². The highest BCUT2D eigenvalue weighted by Crippen LogP contribution is 2.37. The van der Waals surface area contributed by atoms with E-state index in [-0.39, 0.29) is 6.10 Å². The average molecular weight is 369 g/mol. The van der Waals surface area contributed by atoms with Gasteiger partial charge < -0.3 is 4.74 Å². The fourth-order valence-corrected chi connectivity index (χ4v) is 3.94. The summed E-state index contributed by atoms with van der Waals surface area (Å²) in [4.78, 5) is 0. The van der Waals surface area contributed by atoms with Crippen LogP contribution in [0.2, 0.25) is 0 Å². The van der Waals surface area contributed by atoms with Crippen LogP contribution in [0.5, 0.6) is 5.75 Å². The Morgan fingerprint density at radius 2 is 2.07 bits per heavy atom. The normalized spacial score (nSPS) is 15.5. The molecule has 138 valence electrons. The predicted molar refractivity (Wildman–Crippen MR) is 105 cm³/mol. The van der Waals surface area contributed by atoms with Gasteiger partial charge in [0, 0.05) is 18.5 Å². The van der Waals surface area contributed by atoms with Crippen molar-refractivity contribution in [3.05, 3.63) is 71.2 Å². The third-order valence-corrected chi connectivity index (χ3v) is 5.36. The first-order chi connectivity index (χ1) is 13.6. The predicted octanol–water partition coefficient (Wildman–Crippen LogP) is 4.01. The maximum absolute atomic E-state index is 9.11. The first-order valence-corrected chi connectivity index (χ1v) is 9.29. The number of hydrogen-bond donors (Lipinski definition) is 0. The summed E-state index contributed by atoms with van der Waals surface area (Å²) in [6, 6.07) is 12.3. The maximum Gasteiger partial charge on any atom is 0.125 e. The summed E-state index contributed by atoms with van der Waals surface area (Å²) in [7, 11) is 1.89. The van der Waals surface area contributed by atoms with Crippen LogP contribution in [0.3, 0.4) is 0 Å². The van der Waals surface area contributed by atoms with E-state index in [1.54, 1.807) is 10.9 Å². The Morgan fingerprint density at radius 3 is 2.86 bits per heavy atom. The van der Waals surface area contributed by atoms with E-state index in [9.17, 15) is 0 Å². The molecule has 0 spiro atoms. The summed E-state index contributed by atoms with van der Waals surface area (Å²) in [5.74, 6) is 0.861. The number of aromatic nitrogens is 4. The molecule has 0 aliphatic heterocycles. The molecule has 2 aromatic heterocycles. The number of ether oxygens (including phenoxy) is 1. The lowest BCUT2D eigenvalue weighted by Gasteiger charge is -2.17. The molecular formula is C22H19N5O. The molecule has 6 heteroatoms. The minimum atomic E-state index is 0.00802. The summed E-state index contributed by atoms with van der Waals surface area (Å²) in [5.41, 5.74) is 6.09. The highest BCUT2D eigenvalue weighted by molar-refractivity contribution is 5.83. The zero-order chi connectivity index (χ0) is 19.3. The Morgan fingerprint density at radius 1 is 1.18 bits per heavy atom. The number of hydrogen-bond acceptors (Lipinski definition) is 4. The van der Waals surface area contributed by atoms with E-state index in [0.717, 1.165) is 40.7 Å². The monoisotopic (exact) mass is 369 g/mol. The minimum Gasteiger partial charge on any atom is -0.485 e. The van der Waals surface area contributed by atoms with Gasteiger partial charge in [-0.05, 0) is 54.7 Å². The lowest BCUT2D eigenvalue weighted by molar-refractivity contribution is 0.206. The van der Waals surface area contributed by atoms with Crippen molar-refractivity contribution in [1.82, 2.24) is 19.6 Å². The Hall–Kier alpha value is -3.59. The second kappa shape index (κ2) is 6.24. The minimum absolute atomic E-state index is 0.00802. The molecule has 6 nitrogen and oxygen atoms in total. The van der Waals surface area contributed by atoms with Gasteiger partial charge in [0.1, 0.15) is 17.5 Å². The smallest absolute Gasteiger partial charge is 0.125 e. The van der Waals surface area contributed by atoms with Gasteiger partial charge >= 0.3 is 0 Å². The molecule has 4 aromatic rings. The first-order valence-electron chi connectivity index (χ1n) is 9.29. The SMILES string of the molecule is Cc1cc2cnn(-c3cnn(C)c3)c2cc1O[C@@H]1CCc2cc(C#N)ccc21. The standard InChI is InChI=1S/C22H19N5O/c1-14-7-17-11-25-27(18-12-24-26(2)13-18)20(17)9-22(14)28-21-6-4-16-8-15(10-23)3-5-19(16)21/h3,5,7-9,11-13,21H,4,6H2,1-2H3/t21-/m1/s1. The Balaban J connectivity index is 1.52. The number of nitriles is 1. The van der Waals surface area contributed by atoms with Gasteiger partial charge in [0.05, 0.1) is 35.7 Å². The highest BCUT2D eigenvalue weighted by atomic mass is 16.5. The fraction of sp³-hybridized carbons (Fsp3) is 0.227. The molecule has 1 atom stereocenters. The van der Waals surface area contributed by atoms with Crippen molar-refractivity contribution in [2.75, 3.05) is 0 Å². The number of fused-ring (bicyclic) bond motifs is 2. The molecule has 0 N–H and O–H groups in total. The summed E-state index contributed by atoms with van der Waals surface area (Å²) >= 11 is 0.